The van der Waals surface area contributed by atoms with Crippen molar-refractivity contribution >= 4 is 65.7 Å². The van der Waals surface area contributed by atoms with Gasteiger partial charge in [0.2, 0.25) is 0 Å². The Labute approximate surface area is 431 Å². The van der Waals surface area contributed by atoms with Gasteiger partial charge in [-0.15, -0.1) is 0 Å². The number of nitrogens with zero attached hydrogens (tertiary/aromatic N) is 4. The van der Waals surface area contributed by atoms with E-state index in [1.807, 2.05) is 48.5 Å². The van der Waals surface area contributed by atoms with Crippen LogP contribution in [0.3, 0.4) is 0 Å². The number of benzene rings is 11. The Hall–Kier alpha value is -10.2. The molecule has 0 bridgehead atoms. The molecule has 15 aromatic rings. The predicted molar refractivity (Wildman–Crippen MR) is 307 cm³/mol. The molecule has 0 amide bonds. The molecule has 0 spiro atoms. The molecule has 0 saturated heterocycles. The largest absolute Gasteiger partial charge is 0.456 e. The molecule has 15 rings (SSSR count). The van der Waals surface area contributed by atoms with Crippen molar-refractivity contribution in [1.82, 2.24) is 19.5 Å². The van der Waals surface area contributed by atoms with Gasteiger partial charge in [0.1, 0.15) is 16.7 Å². The topological polar surface area (TPSA) is 69.9 Å². The summed E-state index contributed by atoms with van der Waals surface area (Å²) in [5.74, 6) is 1.74. The highest BCUT2D eigenvalue weighted by atomic mass is 16.3. The normalized spacial score (nSPS) is 11.7. The summed E-state index contributed by atoms with van der Waals surface area (Å²) < 4.78 is 15.9. The molecule has 75 heavy (non-hydrogen) atoms. The number of para-hydroxylation sites is 3. The van der Waals surface area contributed by atoms with Gasteiger partial charge >= 0.3 is 0 Å². The van der Waals surface area contributed by atoms with E-state index < -0.39 is 0 Å². The minimum atomic E-state index is 0.556. The standard InChI is InChI=1S/C69H42N4O2/c1-4-16-43(17-5-1)45-30-32-47(33-31-45)68-70-67(46-20-8-3-9-21-46)71-69(72-68)52-41-56(65-55-25-11-13-29-62(55)74-64(65)42-52)51-23-14-22-48(38-51)50-35-37-63-58(40-50)54-26-15-28-61(66(54)75-63)73-59-27-12-10-24-53(59)57-39-49(34-36-60(57)73)44-18-6-2-7-19-44/h1-42H. The highest BCUT2D eigenvalue weighted by Crippen LogP contribution is 2.43. The van der Waals surface area contributed by atoms with Gasteiger partial charge in [-0.2, -0.15) is 0 Å². The van der Waals surface area contributed by atoms with Gasteiger partial charge in [0, 0.05) is 49.0 Å². The third-order valence-corrected chi connectivity index (χ3v) is 14.7. The second kappa shape index (κ2) is 17.3. The Morgan fingerprint density at radius 2 is 0.760 bits per heavy atom. The molecule has 11 aromatic carbocycles. The molecule has 0 aliphatic rings. The van der Waals surface area contributed by atoms with Crippen LogP contribution in [0.15, 0.2) is 264 Å². The maximum atomic E-state index is 6.87. The maximum absolute atomic E-state index is 6.87. The molecule has 6 heteroatoms. The summed E-state index contributed by atoms with van der Waals surface area (Å²) >= 11 is 0. The highest BCUT2D eigenvalue weighted by molar-refractivity contribution is 6.15. The molecule has 0 saturated carbocycles. The van der Waals surface area contributed by atoms with Crippen LogP contribution in [-0.4, -0.2) is 19.5 Å². The number of hydrogen-bond acceptors (Lipinski definition) is 5. The maximum Gasteiger partial charge on any atom is 0.164 e. The number of aromatic nitrogens is 4. The van der Waals surface area contributed by atoms with Gasteiger partial charge in [-0.3, -0.25) is 0 Å². The Morgan fingerprint density at radius 3 is 1.53 bits per heavy atom. The summed E-state index contributed by atoms with van der Waals surface area (Å²) in [4.78, 5) is 15.4. The molecule has 0 atom stereocenters. The van der Waals surface area contributed by atoms with E-state index >= 15 is 0 Å². The minimum absolute atomic E-state index is 0.556. The molecular formula is C69H42N4O2. The van der Waals surface area contributed by atoms with Crippen molar-refractivity contribution in [2.75, 3.05) is 0 Å². The van der Waals surface area contributed by atoms with Crippen LogP contribution in [0, 0.1) is 0 Å². The molecule has 0 fully saturated rings. The van der Waals surface area contributed by atoms with Crippen molar-refractivity contribution in [2.24, 2.45) is 0 Å². The lowest BCUT2D eigenvalue weighted by Crippen LogP contribution is -2.00. The van der Waals surface area contributed by atoms with Crippen LogP contribution in [0.1, 0.15) is 0 Å². The van der Waals surface area contributed by atoms with E-state index in [0.29, 0.717) is 17.5 Å². The molecule has 0 aliphatic heterocycles. The van der Waals surface area contributed by atoms with Gasteiger partial charge in [-0.05, 0) is 105 Å². The zero-order valence-corrected chi connectivity index (χ0v) is 40.4. The summed E-state index contributed by atoms with van der Waals surface area (Å²) in [5.41, 5.74) is 18.0. The Kier molecular flexibility index (Phi) is 9.78. The summed E-state index contributed by atoms with van der Waals surface area (Å²) in [6.45, 7) is 0. The molecule has 4 aromatic heterocycles. The number of rotatable bonds is 8. The second-order valence-corrected chi connectivity index (χ2v) is 19.1. The first-order valence-corrected chi connectivity index (χ1v) is 25.2. The SMILES string of the molecule is c1ccc(-c2ccc(-c3nc(-c4ccccc4)nc(-c4cc(-c5cccc(-c6ccc7oc8c(-n9c%10ccccc%10c%10cc(-c%11ccccc%11)ccc%109)cccc8c7c6)c5)c5c(c4)oc4ccccc45)n3)cc2)cc1. The number of hydrogen-bond donors (Lipinski definition) is 0. The monoisotopic (exact) mass is 958 g/mol. The van der Waals surface area contributed by atoms with Crippen molar-refractivity contribution in [2.45, 2.75) is 0 Å². The van der Waals surface area contributed by atoms with Gasteiger partial charge in [0.15, 0.2) is 23.1 Å². The Balaban J connectivity index is 0.853. The molecule has 0 N–H and O–H groups in total. The molecule has 4 heterocycles. The predicted octanol–water partition coefficient (Wildman–Crippen LogP) is 18.4. The average Bonchev–Trinajstić information content (AvgIpc) is 4.19. The summed E-state index contributed by atoms with van der Waals surface area (Å²) in [7, 11) is 0. The van der Waals surface area contributed by atoms with Gasteiger partial charge in [-0.1, -0.05) is 194 Å². The van der Waals surface area contributed by atoms with E-state index in [9.17, 15) is 0 Å². The van der Waals surface area contributed by atoms with Crippen molar-refractivity contribution in [3.8, 4) is 84.4 Å². The average molecular weight is 959 g/mol. The van der Waals surface area contributed by atoms with Crippen LogP contribution < -0.4 is 0 Å². The quantitative estimate of drug-likeness (QED) is 0.152. The smallest absolute Gasteiger partial charge is 0.164 e. The minimum Gasteiger partial charge on any atom is -0.456 e. The van der Waals surface area contributed by atoms with E-state index in [-0.39, 0.29) is 0 Å². The lowest BCUT2D eigenvalue weighted by Gasteiger charge is -2.12. The van der Waals surface area contributed by atoms with Crippen molar-refractivity contribution in [3.63, 3.8) is 0 Å². The van der Waals surface area contributed by atoms with Crippen LogP contribution in [0.25, 0.3) is 150 Å². The van der Waals surface area contributed by atoms with E-state index in [2.05, 4.69) is 211 Å². The van der Waals surface area contributed by atoms with Gasteiger partial charge in [0.25, 0.3) is 0 Å². The van der Waals surface area contributed by atoms with Crippen molar-refractivity contribution in [3.05, 3.63) is 255 Å². The third kappa shape index (κ3) is 7.22. The fraction of sp³-hybridized carbons (Fsp3) is 0. The van der Waals surface area contributed by atoms with Crippen molar-refractivity contribution < 1.29 is 8.83 Å². The molecular weight excluding hydrogens is 917 g/mol. The first-order valence-electron chi connectivity index (χ1n) is 25.2. The van der Waals surface area contributed by atoms with E-state index in [1.54, 1.807) is 0 Å². The summed E-state index contributed by atoms with van der Waals surface area (Å²) in [6.07, 6.45) is 0. The third-order valence-electron chi connectivity index (χ3n) is 14.7. The second-order valence-electron chi connectivity index (χ2n) is 19.1. The zero-order chi connectivity index (χ0) is 49.4. The zero-order valence-electron chi connectivity index (χ0n) is 40.4. The van der Waals surface area contributed by atoms with Crippen LogP contribution >= 0.6 is 0 Å². The van der Waals surface area contributed by atoms with E-state index in [4.69, 9.17) is 23.8 Å². The summed E-state index contributed by atoms with van der Waals surface area (Å²) in [6, 6.07) is 89.3. The van der Waals surface area contributed by atoms with Crippen LogP contribution in [0.4, 0.5) is 0 Å². The molecule has 0 unspecified atom stereocenters. The number of furan rings is 2. The molecule has 0 radical (unpaired) electrons. The van der Waals surface area contributed by atoms with Gasteiger partial charge < -0.3 is 13.4 Å². The fourth-order valence-electron chi connectivity index (χ4n) is 11.1. The lowest BCUT2D eigenvalue weighted by atomic mass is 9.93. The Morgan fingerprint density at radius 1 is 0.267 bits per heavy atom. The number of fused-ring (bicyclic) bond motifs is 9. The molecule has 0 aliphatic carbocycles. The van der Waals surface area contributed by atoms with Crippen LogP contribution in [-0.2, 0) is 0 Å². The van der Waals surface area contributed by atoms with E-state index in [0.717, 1.165) is 111 Å². The summed E-state index contributed by atoms with van der Waals surface area (Å²) in [5, 5.41) is 6.60. The fourth-order valence-corrected chi connectivity index (χ4v) is 11.1. The van der Waals surface area contributed by atoms with Gasteiger partial charge in [-0.25, -0.2) is 15.0 Å². The van der Waals surface area contributed by atoms with Crippen LogP contribution in [0.2, 0.25) is 0 Å². The lowest BCUT2D eigenvalue weighted by molar-refractivity contribution is 0.666. The molecule has 6 nitrogen and oxygen atoms in total. The molecule has 350 valence electrons. The van der Waals surface area contributed by atoms with E-state index in [1.165, 1.54) is 21.9 Å². The van der Waals surface area contributed by atoms with Crippen LogP contribution in [0.5, 0.6) is 0 Å². The van der Waals surface area contributed by atoms with Gasteiger partial charge in [0.05, 0.1) is 16.7 Å². The Bertz CT molecular complexity index is 4690. The van der Waals surface area contributed by atoms with Crippen molar-refractivity contribution in [1.29, 1.82) is 0 Å². The first-order chi connectivity index (χ1) is 37.1. The first kappa shape index (κ1) is 42.5. The highest BCUT2D eigenvalue weighted by Gasteiger charge is 2.21.